The Labute approximate surface area is 207 Å². The number of aliphatic hydroxyl groups is 1. The van der Waals surface area contributed by atoms with Crippen molar-refractivity contribution in [3.8, 4) is 11.5 Å². The second kappa shape index (κ2) is 13.3. The van der Waals surface area contributed by atoms with Gasteiger partial charge in [-0.3, -0.25) is 4.79 Å². The Kier molecular flexibility index (Phi) is 10.5. The van der Waals surface area contributed by atoms with E-state index < -0.39 is 18.0 Å². The van der Waals surface area contributed by atoms with E-state index in [1.807, 2.05) is 38.1 Å². The van der Waals surface area contributed by atoms with E-state index in [-0.39, 0.29) is 19.1 Å². The highest BCUT2D eigenvalue weighted by Crippen LogP contribution is 2.37. The van der Waals surface area contributed by atoms with Crippen molar-refractivity contribution in [3.63, 3.8) is 0 Å². The number of allylic oxidation sites excluding steroid dienone is 2. The molecule has 1 N–H and O–H groups in total. The first-order valence-corrected chi connectivity index (χ1v) is 11.4. The van der Waals surface area contributed by atoms with E-state index in [0.717, 1.165) is 11.1 Å². The fourth-order valence-corrected chi connectivity index (χ4v) is 3.59. The lowest BCUT2D eigenvalue weighted by Crippen LogP contribution is -2.11. The summed E-state index contributed by atoms with van der Waals surface area (Å²) in [7, 11) is 2.89. The molecule has 0 aliphatic carbocycles. The molecule has 35 heavy (non-hydrogen) atoms. The fourth-order valence-electron chi connectivity index (χ4n) is 3.59. The Morgan fingerprint density at radius 1 is 1.09 bits per heavy atom. The molecule has 7 heteroatoms. The lowest BCUT2D eigenvalue weighted by Gasteiger charge is -2.22. The van der Waals surface area contributed by atoms with Crippen molar-refractivity contribution < 1.29 is 33.6 Å². The molecule has 2 rings (SSSR count). The van der Waals surface area contributed by atoms with Crippen molar-refractivity contribution in [2.24, 2.45) is 5.92 Å². The van der Waals surface area contributed by atoms with Crippen LogP contribution in [0.25, 0.3) is 5.57 Å². The number of hydrogen-bond donors (Lipinski definition) is 1. The van der Waals surface area contributed by atoms with Gasteiger partial charge >= 0.3 is 11.9 Å². The molecular formula is C28H34O7. The van der Waals surface area contributed by atoms with E-state index in [2.05, 4.69) is 6.58 Å². The Morgan fingerprint density at radius 2 is 1.80 bits per heavy atom. The van der Waals surface area contributed by atoms with Crippen molar-refractivity contribution in [2.45, 2.75) is 33.3 Å². The summed E-state index contributed by atoms with van der Waals surface area (Å²) >= 11 is 0. The minimum absolute atomic E-state index is 0.0973. The summed E-state index contributed by atoms with van der Waals surface area (Å²) in [6.45, 7) is 9.65. The molecule has 0 spiro atoms. The Balaban J connectivity index is 2.60. The van der Waals surface area contributed by atoms with Gasteiger partial charge in [0.1, 0.15) is 24.2 Å². The van der Waals surface area contributed by atoms with Gasteiger partial charge in [-0.15, -0.1) is 0 Å². The zero-order chi connectivity index (χ0) is 26.0. The van der Waals surface area contributed by atoms with Crippen LogP contribution in [0.15, 0.2) is 60.7 Å². The van der Waals surface area contributed by atoms with Gasteiger partial charge in [-0.25, -0.2) is 4.79 Å². The van der Waals surface area contributed by atoms with Crippen molar-refractivity contribution in [3.05, 3.63) is 77.4 Å². The first-order chi connectivity index (χ1) is 16.7. The third kappa shape index (κ3) is 7.45. The largest absolute Gasteiger partial charge is 0.496 e. The molecule has 2 aromatic carbocycles. The minimum Gasteiger partial charge on any atom is -0.496 e. The first kappa shape index (κ1) is 27.7. The number of carbonyl (C=O) groups is 2. The maximum atomic E-state index is 12.2. The maximum absolute atomic E-state index is 12.2. The van der Waals surface area contributed by atoms with E-state index >= 15 is 0 Å². The second-order valence-electron chi connectivity index (χ2n) is 8.15. The van der Waals surface area contributed by atoms with Crippen LogP contribution in [0.2, 0.25) is 0 Å². The van der Waals surface area contributed by atoms with Crippen LogP contribution in [-0.2, 0) is 14.3 Å². The van der Waals surface area contributed by atoms with Crippen LogP contribution in [0, 0.1) is 5.92 Å². The number of hydrogen-bond acceptors (Lipinski definition) is 7. The molecule has 7 nitrogen and oxygen atoms in total. The van der Waals surface area contributed by atoms with Gasteiger partial charge in [0, 0.05) is 24.5 Å². The number of aliphatic hydroxyl groups excluding tert-OH is 1. The fraction of sp³-hybridized carbons (Fsp3) is 0.357. The van der Waals surface area contributed by atoms with E-state index in [9.17, 15) is 14.7 Å². The first-order valence-electron chi connectivity index (χ1n) is 11.4. The highest BCUT2D eigenvalue weighted by Gasteiger charge is 2.22. The molecule has 2 aromatic rings. The zero-order valence-electron chi connectivity index (χ0n) is 21.0. The average Bonchev–Trinajstić information content (AvgIpc) is 2.85. The van der Waals surface area contributed by atoms with E-state index in [4.69, 9.17) is 18.9 Å². The Hall–Kier alpha value is -3.58. The van der Waals surface area contributed by atoms with Crippen molar-refractivity contribution in [1.29, 1.82) is 0 Å². The molecule has 0 aliphatic rings. The summed E-state index contributed by atoms with van der Waals surface area (Å²) in [4.78, 5) is 24.1. The Bertz CT molecular complexity index is 1070. The van der Waals surface area contributed by atoms with E-state index in [1.165, 1.54) is 14.0 Å². The number of methoxy groups -OCH3 is 2. The van der Waals surface area contributed by atoms with Crippen molar-refractivity contribution in [1.82, 2.24) is 0 Å². The highest BCUT2D eigenvalue weighted by molar-refractivity contribution is 5.92. The molecule has 0 unspecified atom stereocenters. The molecule has 0 aliphatic heterocycles. The van der Waals surface area contributed by atoms with Crippen molar-refractivity contribution >= 4 is 17.5 Å². The average molecular weight is 483 g/mol. The van der Waals surface area contributed by atoms with Crippen LogP contribution in [0.1, 0.15) is 54.8 Å². The summed E-state index contributed by atoms with van der Waals surface area (Å²) in [5, 5.41) is 9.17. The zero-order valence-corrected chi connectivity index (χ0v) is 21.0. The predicted octanol–water partition coefficient (Wildman–Crippen LogP) is 5.14. The molecule has 0 aromatic heterocycles. The van der Waals surface area contributed by atoms with Crippen LogP contribution >= 0.6 is 0 Å². The molecule has 0 heterocycles. The third-order valence-electron chi connectivity index (χ3n) is 5.41. The smallest absolute Gasteiger partial charge is 0.337 e. The summed E-state index contributed by atoms with van der Waals surface area (Å²) in [5.41, 5.74) is 3.34. The standard InChI is InChI=1S/C28H34O7/c1-18(2)19(3)22(24-17-21(28(31)33-6)11-13-25(24)32-5)12-14-27(35-20(4)30)23-9-7-8-10-26(23)34-16-15-29/h7-13,17-18,27,29H,3,14-16H2,1-2,4-6H3/b22-12-/t27-/m0/s1. The molecule has 0 amide bonds. The lowest BCUT2D eigenvalue weighted by atomic mass is 9.88. The molecule has 0 bridgehead atoms. The van der Waals surface area contributed by atoms with Crippen LogP contribution in [-0.4, -0.2) is 44.5 Å². The number of carbonyl (C=O) groups excluding carboxylic acids is 2. The molecular weight excluding hydrogens is 448 g/mol. The van der Waals surface area contributed by atoms with Gasteiger partial charge in [-0.2, -0.15) is 0 Å². The molecule has 0 saturated carbocycles. The number of ether oxygens (including phenoxy) is 4. The summed E-state index contributed by atoms with van der Waals surface area (Å²) < 4.78 is 21.8. The normalized spacial score (nSPS) is 12.1. The van der Waals surface area contributed by atoms with Crippen LogP contribution in [0.4, 0.5) is 0 Å². The monoisotopic (exact) mass is 482 g/mol. The lowest BCUT2D eigenvalue weighted by molar-refractivity contribution is -0.146. The van der Waals surface area contributed by atoms with E-state index in [0.29, 0.717) is 34.6 Å². The van der Waals surface area contributed by atoms with Gasteiger partial charge in [0.15, 0.2) is 0 Å². The molecule has 0 saturated heterocycles. The molecule has 188 valence electrons. The van der Waals surface area contributed by atoms with Gasteiger partial charge in [0.2, 0.25) is 0 Å². The third-order valence-corrected chi connectivity index (χ3v) is 5.41. The SMILES string of the molecule is C=C(/C(=C/C[C@H](OC(C)=O)c1ccccc1OCCO)c1cc(C(=O)OC)ccc1OC)C(C)C. The summed E-state index contributed by atoms with van der Waals surface area (Å²) in [6, 6.07) is 12.3. The molecule has 0 radical (unpaired) electrons. The predicted molar refractivity (Wildman–Crippen MR) is 134 cm³/mol. The van der Waals surface area contributed by atoms with Crippen LogP contribution < -0.4 is 9.47 Å². The van der Waals surface area contributed by atoms with Gasteiger partial charge in [0.25, 0.3) is 0 Å². The topological polar surface area (TPSA) is 91.3 Å². The van der Waals surface area contributed by atoms with Gasteiger partial charge in [-0.05, 0) is 41.3 Å². The number of rotatable bonds is 12. The molecule has 1 atom stereocenters. The van der Waals surface area contributed by atoms with Crippen LogP contribution in [0.3, 0.4) is 0 Å². The maximum Gasteiger partial charge on any atom is 0.337 e. The summed E-state index contributed by atoms with van der Waals surface area (Å²) in [5.74, 6) is 0.295. The quantitative estimate of drug-likeness (QED) is 0.331. The second-order valence-corrected chi connectivity index (χ2v) is 8.15. The summed E-state index contributed by atoms with van der Waals surface area (Å²) in [6.07, 6.45) is 1.59. The van der Waals surface area contributed by atoms with Gasteiger partial charge < -0.3 is 24.1 Å². The number of benzene rings is 2. The minimum atomic E-state index is -0.646. The Morgan fingerprint density at radius 3 is 2.40 bits per heavy atom. The van der Waals surface area contributed by atoms with Crippen molar-refractivity contribution in [2.75, 3.05) is 27.4 Å². The van der Waals surface area contributed by atoms with Gasteiger partial charge in [-0.1, -0.05) is 44.7 Å². The number of esters is 2. The van der Waals surface area contributed by atoms with E-state index in [1.54, 1.807) is 31.4 Å². The molecule has 0 fully saturated rings. The van der Waals surface area contributed by atoms with Gasteiger partial charge in [0.05, 0.1) is 26.4 Å². The highest BCUT2D eigenvalue weighted by atomic mass is 16.5. The van der Waals surface area contributed by atoms with Crippen LogP contribution in [0.5, 0.6) is 11.5 Å². The number of para-hydroxylation sites is 1.